The van der Waals surface area contributed by atoms with Gasteiger partial charge >= 0.3 is 5.97 Å². The zero-order valence-corrected chi connectivity index (χ0v) is 9.95. The minimum atomic E-state index is -0.640. The van der Waals surface area contributed by atoms with E-state index in [9.17, 15) is 9.90 Å². The summed E-state index contributed by atoms with van der Waals surface area (Å²) in [7, 11) is 0. The van der Waals surface area contributed by atoms with Crippen LogP contribution in [0, 0.1) is 11.3 Å². The highest BCUT2D eigenvalue weighted by Crippen LogP contribution is 2.44. The number of carboxylic acids is 1. The molecule has 0 heterocycles. The van der Waals surface area contributed by atoms with Crippen LogP contribution in [0.5, 0.6) is 0 Å². The van der Waals surface area contributed by atoms with Crippen LogP contribution in [0.25, 0.3) is 0 Å². The molecular formula is C12H22O3. The van der Waals surface area contributed by atoms with E-state index in [1.807, 2.05) is 13.8 Å². The molecule has 2 unspecified atom stereocenters. The van der Waals surface area contributed by atoms with Gasteiger partial charge in [-0.05, 0) is 45.4 Å². The molecule has 0 aromatic carbocycles. The van der Waals surface area contributed by atoms with Crippen molar-refractivity contribution in [3.05, 3.63) is 0 Å². The molecule has 1 N–H and O–H groups in total. The van der Waals surface area contributed by atoms with Gasteiger partial charge in [-0.3, -0.25) is 4.79 Å². The predicted molar refractivity (Wildman–Crippen MR) is 58.8 cm³/mol. The summed E-state index contributed by atoms with van der Waals surface area (Å²) in [5.74, 6) is -0.0978. The molecule has 0 amide bonds. The van der Waals surface area contributed by atoms with E-state index in [4.69, 9.17) is 4.74 Å². The maximum Gasteiger partial charge on any atom is 0.309 e. The minimum Gasteiger partial charge on any atom is -0.481 e. The van der Waals surface area contributed by atoms with E-state index in [1.165, 1.54) is 0 Å². The summed E-state index contributed by atoms with van der Waals surface area (Å²) in [6, 6.07) is 0. The Morgan fingerprint density at radius 2 is 2.27 bits per heavy atom. The molecule has 88 valence electrons. The second-order valence-electron chi connectivity index (χ2n) is 5.10. The van der Waals surface area contributed by atoms with Crippen LogP contribution >= 0.6 is 0 Å². The number of ether oxygens (including phenoxy) is 1. The van der Waals surface area contributed by atoms with E-state index in [0.29, 0.717) is 18.9 Å². The summed E-state index contributed by atoms with van der Waals surface area (Å²) in [6.07, 6.45) is 3.50. The van der Waals surface area contributed by atoms with Gasteiger partial charge in [0.25, 0.3) is 0 Å². The van der Waals surface area contributed by atoms with Crippen molar-refractivity contribution in [2.24, 2.45) is 11.3 Å². The first-order valence-corrected chi connectivity index (χ1v) is 5.81. The summed E-state index contributed by atoms with van der Waals surface area (Å²) in [5.41, 5.74) is -0.506. The number of rotatable bonds is 5. The van der Waals surface area contributed by atoms with Gasteiger partial charge in [-0.15, -0.1) is 0 Å². The minimum absolute atomic E-state index is 0.190. The SMILES string of the molecule is CC1CCC(CCOC(C)C)(C(=O)O)C1. The first-order valence-electron chi connectivity index (χ1n) is 5.81. The first-order chi connectivity index (χ1) is 6.96. The lowest BCUT2D eigenvalue weighted by molar-refractivity contribution is -0.150. The molecule has 0 aromatic rings. The first kappa shape index (κ1) is 12.5. The molecule has 2 atom stereocenters. The summed E-state index contributed by atoms with van der Waals surface area (Å²) < 4.78 is 5.45. The largest absolute Gasteiger partial charge is 0.481 e. The number of carbonyl (C=O) groups is 1. The van der Waals surface area contributed by atoms with Gasteiger partial charge in [0.15, 0.2) is 0 Å². The molecule has 0 spiro atoms. The lowest BCUT2D eigenvalue weighted by Crippen LogP contribution is -2.30. The number of aliphatic carboxylic acids is 1. The Hall–Kier alpha value is -0.570. The Kier molecular flexibility index (Phi) is 4.14. The molecule has 1 rings (SSSR count). The fourth-order valence-corrected chi connectivity index (χ4v) is 2.41. The highest BCUT2D eigenvalue weighted by atomic mass is 16.5. The Morgan fingerprint density at radius 1 is 1.60 bits per heavy atom. The van der Waals surface area contributed by atoms with Gasteiger partial charge < -0.3 is 9.84 Å². The number of carboxylic acid groups (broad SMARTS) is 1. The molecule has 0 aromatic heterocycles. The fraction of sp³-hybridized carbons (Fsp3) is 0.917. The van der Waals surface area contributed by atoms with Crippen molar-refractivity contribution < 1.29 is 14.6 Å². The van der Waals surface area contributed by atoms with Crippen molar-refractivity contribution in [2.75, 3.05) is 6.61 Å². The average molecular weight is 214 g/mol. The van der Waals surface area contributed by atoms with E-state index in [2.05, 4.69) is 6.92 Å². The third-order valence-corrected chi connectivity index (χ3v) is 3.34. The van der Waals surface area contributed by atoms with Crippen LogP contribution in [-0.4, -0.2) is 23.8 Å². The number of hydrogen-bond donors (Lipinski definition) is 1. The van der Waals surface area contributed by atoms with Gasteiger partial charge in [-0.1, -0.05) is 6.92 Å². The normalized spacial score (nSPS) is 31.1. The van der Waals surface area contributed by atoms with E-state index < -0.39 is 11.4 Å². The summed E-state index contributed by atoms with van der Waals surface area (Å²) in [4.78, 5) is 11.3. The second kappa shape index (κ2) is 4.97. The molecule has 15 heavy (non-hydrogen) atoms. The molecule has 0 saturated heterocycles. The standard InChI is InChI=1S/C12H22O3/c1-9(2)15-7-6-12(11(13)14)5-4-10(3)8-12/h9-10H,4-8H2,1-3H3,(H,13,14). The molecule has 1 saturated carbocycles. The molecular weight excluding hydrogens is 192 g/mol. The molecule has 3 heteroatoms. The van der Waals surface area contributed by atoms with Crippen LogP contribution in [-0.2, 0) is 9.53 Å². The van der Waals surface area contributed by atoms with Crippen LogP contribution < -0.4 is 0 Å². The molecule has 3 nitrogen and oxygen atoms in total. The number of hydrogen-bond acceptors (Lipinski definition) is 2. The smallest absolute Gasteiger partial charge is 0.309 e. The van der Waals surface area contributed by atoms with Crippen molar-refractivity contribution in [1.29, 1.82) is 0 Å². The van der Waals surface area contributed by atoms with Crippen molar-refractivity contribution in [1.82, 2.24) is 0 Å². The van der Waals surface area contributed by atoms with Gasteiger partial charge in [-0.25, -0.2) is 0 Å². The highest BCUT2D eigenvalue weighted by Gasteiger charge is 2.43. The summed E-state index contributed by atoms with van der Waals surface area (Å²) >= 11 is 0. The Bertz CT molecular complexity index is 225. The van der Waals surface area contributed by atoms with Gasteiger partial charge in [0.2, 0.25) is 0 Å². The summed E-state index contributed by atoms with van der Waals surface area (Å²) in [6.45, 7) is 6.65. The third kappa shape index (κ3) is 3.20. The van der Waals surface area contributed by atoms with Gasteiger partial charge in [0, 0.05) is 6.61 Å². The Balaban J connectivity index is 2.48. The molecule has 0 bridgehead atoms. The quantitative estimate of drug-likeness (QED) is 0.765. The van der Waals surface area contributed by atoms with Gasteiger partial charge in [0.05, 0.1) is 11.5 Å². The van der Waals surface area contributed by atoms with Gasteiger partial charge in [-0.2, -0.15) is 0 Å². The maximum absolute atomic E-state index is 11.3. The van der Waals surface area contributed by atoms with E-state index in [0.717, 1.165) is 19.3 Å². The van der Waals surface area contributed by atoms with E-state index in [1.54, 1.807) is 0 Å². The predicted octanol–water partition coefficient (Wildman–Crippen LogP) is 2.69. The molecule has 1 fully saturated rings. The lowest BCUT2D eigenvalue weighted by atomic mass is 9.82. The van der Waals surface area contributed by atoms with Crippen molar-refractivity contribution >= 4 is 5.97 Å². The molecule has 0 radical (unpaired) electrons. The summed E-state index contributed by atoms with van der Waals surface area (Å²) in [5, 5.41) is 9.29. The van der Waals surface area contributed by atoms with Crippen LogP contribution in [0.4, 0.5) is 0 Å². The molecule has 0 aliphatic heterocycles. The van der Waals surface area contributed by atoms with Gasteiger partial charge in [0.1, 0.15) is 0 Å². The van der Waals surface area contributed by atoms with Crippen LogP contribution in [0.1, 0.15) is 46.5 Å². The Labute approximate surface area is 91.8 Å². The van der Waals surface area contributed by atoms with Crippen LogP contribution in [0.15, 0.2) is 0 Å². The van der Waals surface area contributed by atoms with Crippen molar-refractivity contribution in [2.45, 2.75) is 52.6 Å². The van der Waals surface area contributed by atoms with E-state index >= 15 is 0 Å². The third-order valence-electron chi connectivity index (χ3n) is 3.34. The van der Waals surface area contributed by atoms with Crippen molar-refractivity contribution in [3.63, 3.8) is 0 Å². The van der Waals surface area contributed by atoms with Crippen molar-refractivity contribution in [3.8, 4) is 0 Å². The maximum atomic E-state index is 11.3. The second-order valence-corrected chi connectivity index (χ2v) is 5.10. The van der Waals surface area contributed by atoms with Crippen LogP contribution in [0.3, 0.4) is 0 Å². The highest BCUT2D eigenvalue weighted by molar-refractivity contribution is 5.75. The monoisotopic (exact) mass is 214 g/mol. The van der Waals surface area contributed by atoms with Crippen LogP contribution in [0.2, 0.25) is 0 Å². The average Bonchev–Trinajstić information content (AvgIpc) is 2.48. The van der Waals surface area contributed by atoms with E-state index in [-0.39, 0.29) is 6.10 Å². The Morgan fingerprint density at radius 3 is 2.67 bits per heavy atom. The molecule has 1 aliphatic rings. The molecule has 1 aliphatic carbocycles. The lowest BCUT2D eigenvalue weighted by Gasteiger charge is -2.24. The fourth-order valence-electron chi connectivity index (χ4n) is 2.41. The zero-order chi connectivity index (χ0) is 11.5. The zero-order valence-electron chi connectivity index (χ0n) is 9.95. The topological polar surface area (TPSA) is 46.5 Å².